The van der Waals surface area contributed by atoms with Crippen LogP contribution < -0.4 is 22.1 Å². The number of imidazole rings is 1. The number of rotatable bonds is 12. The first-order chi connectivity index (χ1) is 15.3. The zero-order valence-corrected chi connectivity index (χ0v) is 19.0. The van der Waals surface area contributed by atoms with E-state index in [1.807, 2.05) is 14.0 Å². The Morgan fingerprint density at radius 2 is 1.88 bits per heavy atom. The van der Waals surface area contributed by atoms with Crippen LogP contribution >= 0.6 is 0 Å². The molecule has 0 aliphatic rings. The highest BCUT2D eigenvalue weighted by Crippen LogP contribution is 2.21. The molecule has 0 saturated carbocycles. The fourth-order valence-electron chi connectivity index (χ4n) is 3.36. The summed E-state index contributed by atoms with van der Waals surface area (Å²) in [6.07, 6.45) is 4.33. The summed E-state index contributed by atoms with van der Waals surface area (Å²) in [6.45, 7) is 5.67. The lowest BCUT2D eigenvalue weighted by molar-refractivity contribution is 0.0952. The monoisotopic (exact) mass is 449 g/mol. The van der Waals surface area contributed by atoms with E-state index in [1.54, 1.807) is 0 Å². The number of aliphatic imine (C=N–C) groups is 1. The Bertz CT molecular complexity index is 933. The second kappa shape index (κ2) is 12.0. The number of unbranched alkanes of at least 4 members (excludes halogenated alkanes) is 2. The first kappa shape index (κ1) is 25.1. The van der Waals surface area contributed by atoms with E-state index in [9.17, 15) is 13.6 Å². The summed E-state index contributed by atoms with van der Waals surface area (Å²) < 4.78 is 29.2. The normalized spacial score (nSPS) is 11.6. The minimum Gasteiger partial charge on any atom is -0.394 e. The number of anilines is 2. The smallest absolute Gasteiger partial charge is 0.251 e. The number of benzene rings is 1. The molecule has 2 aromatic rings. The fraction of sp³-hybridized carbons (Fsp3) is 0.500. The molecule has 1 amide bonds. The molecule has 0 fully saturated rings. The van der Waals surface area contributed by atoms with Crippen LogP contribution in [0, 0.1) is 11.6 Å². The van der Waals surface area contributed by atoms with Gasteiger partial charge in [-0.1, -0.05) is 13.3 Å². The Hall–Kier alpha value is -3.17. The molecule has 0 aliphatic heterocycles. The Morgan fingerprint density at radius 1 is 1.19 bits per heavy atom. The maximum absolute atomic E-state index is 13.6. The number of aromatic nitrogens is 2. The van der Waals surface area contributed by atoms with E-state index in [0.29, 0.717) is 37.6 Å². The van der Waals surface area contributed by atoms with Gasteiger partial charge in [0.15, 0.2) is 0 Å². The second-order valence-corrected chi connectivity index (χ2v) is 7.41. The number of amidine groups is 1. The van der Waals surface area contributed by atoms with E-state index in [4.69, 9.17) is 16.5 Å². The van der Waals surface area contributed by atoms with Crippen molar-refractivity contribution in [1.82, 2.24) is 14.9 Å². The highest BCUT2D eigenvalue weighted by molar-refractivity contribution is 6.00. The van der Waals surface area contributed by atoms with Crippen LogP contribution in [0.3, 0.4) is 0 Å². The molecular formula is C22H33F2N7O. The van der Waals surface area contributed by atoms with Crippen LogP contribution in [0.25, 0.3) is 0 Å². The van der Waals surface area contributed by atoms with Crippen molar-refractivity contribution in [3.63, 3.8) is 0 Å². The molecule has 0 saturated heterocycles. The molecule has 2 rings (SSSR count). The number of halogens is 2. The number of aryl methyl sites for hydroxylation is 1. The molecule has 1 aromatic carbocycles. The first-order valence-electron chi connectivity index (χ1n) is 10.9. The molecule has 1 aromatic heterocycles. The molecule has 6 N–H and O–H groups in total. The molecule has 176 valence electrons. The van der Waals surface area contributed by atoms with Gasteiger partial charge in [0.05, 0.1) is 0 Å². The lowest BCUT2D eigenvalue weighted by Gasteiger charge is -2.13. The zero-order chi connectivity index (χ0) is 23.7. The van der Waals surface area contributed by atoms with E-state index in [-0.39, 0.29) is 5.56 Å². The SMILES string of the molecule is CCCCc1nc(C(N)=NCC)c(NC)n1CCCCNC(=O)c1cc(F)c(N)c(F)c1. The van der Waals surface area contributed by atoms with Gasteiger partial charge < -0.3 is 26.7 Å². The summed E-state index contributed by atoms with van der Waals surface area (Å²) >= 11 is 0. The van der Waals surface area contributed by atoms with Gasteiger partial charge in [-0.25, -0.2) is 13.8 Å². The second-order valence-electron chi connectivity index (χ2n) is 7.41. The Morgan fingerprint density at radius 3 is 2.47 bits per heavy atom. The van der Waals surface area contributed by atoms with Gasteiger partial charge in [0, 0.05) is 38.7 Å². The lowest BCUT2D eigenvalue weighted by Crippen LogP contribution is -2.25. The van der Waals surface area contributed by atoms with E-state index in [2.05, 4.69) is 27.1 Å². The highest BCUT2D eigenvalue weighted by atomic mass is 19.1. The number of nitrogens with two attached hydrogens (primary N) is 2. The molecule has 0 radical (unpaired) electrons. The summed E-state index contributed by atoms with van der Waals surface area (Å²) in [4.78, 5) is 21.2. The van der Waals surface area contributed by atoms with Crippen molar-refractivity contribution >= 4 is 23.2 Å². The van der Waals surface area contributed by atoms with Crippen LogP contribution in [-0.2, 0) is 13.0 Å². The number of hydrogen-bond donors (Lipinski definition) is 4. The van der Waals surface area contributed by atoms with Gasteiger partial charge >= 0.3 is 0 Å². The van der Waals surface area contributed by atoms with Crippen molar-refractivity contribution in [3.8, 4) is 0 Å². The summed E-state index contributed by atoms with van der Waals surface area (Å²) in [6, 6.07) is 1.87. The van der Waals surface area contributed by atoms with Gasteiger partial charge in [0.1, 0.15) is 40.5 Å². The molecule has 1 heterocycles. The van der Waals surface area contributed by atoms with Gasteiger partial charge in [-0.15, -0.1) is 0 Å². The van der Waals surface area contributed by atoms with Gasteiger partial charge in [-0.2, -0.15) is 0 Å². The molecule has 10 heteroatoms. The van der Waals surface area contributed by atoms with Gasteiger partial charge in [-0.05, 0) is 38.3 Å². The average Bonchev–Trinajstić information content (AvgIpc) is 3.12. The molecular weight excluding hydrogens is 416 g/mol. The topological polar surface area (TPSA) is 123 Å². The minimum atomic E-state index is -0.948. The number of carbonyl (C=O) groups is 1. The number of nitrogens with zero attached hydrogens (tertiary/aromatic N) is 3. The predicted octanol–water partition coefficient (Wildman–Crippen LogP) is 3.06. The maximum Gasteiger partial charge on any atom is 0.251 e. The number of nitrogens with one attached hydrogen (secondary N) is 2. The standard InChI is InChI=1S/C22H33F2N7O/c1-4-6-9-17-30-19(20(26)28-5-2)21(27-3)31(17)11-8-7-10-29-22(32)14-12-15(23)18(25)16(24)13-14/h12-13,27H,4-11,25H2,1-3H3,(H2,26,28)(H,29,32). The van der Waals surface area contributed by atoms with Crippen molar-refractivity contribution in [1.29, 1.82) is 0 Å². The zero-order valence-electron chi connectivity index (χ0n) is 19.0. The summed E-state index contributed by atoms with van der Waals surface area (Å²) in [7, 11) is 1.82. The van der Waals surface area contributed by atoms with E-state index < -0.39 is 23.2 Å². The first-order valence-corrected chi connectivity index (χ1v) is 10.9. The minimum absolute atomic E-state index is 0.0986. The predicted molar refractivity (Wildman–Crippen MR) is 124 cm³/mol. The van der Waals surface area contributed by atoms with Crippen LogP contribution in [0.1, 0.15) is 61.4 Å². The van der Waals surface area contributed by atoms with E-state index in [1.165, 1.54) is 0 Å². The van der Waals surface area contributed by atoms with Gasteiger partial charge in [0.25, 0.3) is 5.91 Å². The summed E-state index contributed by atoms with van der Waals surface area (Å²) in [5.41, 5.74) is 11.3. The maximum atomic E-state index is 13.6. The number of hydrogen-bond acceptors (Lipinski definition) is 5. The molecule has 8 nitrogen and oxygen atoms in total. The van der Waals surface area contributed by atoms with Crippen molar-refractivity contribution in [2.75, 3.05) is 31.2 Å². The number of amides is 1. The third kappa shape index (κ3) is 6.18. The third-order valence-corrected chi connectivity index (χ3v) is 5.04. The van der Waals surface area contributed by atoms with Crippen LogP contribution in [0.15, 0.2) is 17.1 Å². The quantitative estimate of drug-likeness (QED) is 0.172. The van der Waals surface area contributed by atoms with Gasteiger partial charge in [-0.3, -0.25) is 9.79 Å². The van der Waals surface area contributed by atoms with Crippen molar-refractivity contribution in [2.45, 2.75) is 52.5 Å². The summed E-state index contributed by atoms with van der Waals surface area (Å²) in [5.74, 6) is -0.272. The van der Waals surface area contributed by atoms with Crippen molar-refractivity contribution < 1.29 is 13.6 Å². The number of carbonyl (C=O) groups excluding carboxylic acids is 1. The molecule has 32 heavy (non-hydrogen) atoms. The molecule has 0 bridgehead atoms. The largest absolute Gasteiger partial charge is 0.394 e. The van der Waals surface area contributed by atoms with Crippen LogP contribution in [-0.4, -0.2) is 41.4 Å². The number of nitrogen functional groups attached to an aromatic ring is 1. The fourth-order valence-corrected chi connectivity index (χ4v) is 3.36. The molecule has 0 spiro atoms. The Labute approximate surface area is 187 Å². The van der Waals surface area contributed by atoms with Crippen LogP contribution in [0.2, 0.25) is 0 Å². The Kier molecular flexibility index (Phi) is 9.42. The van der Waals surface area contributed by atoms with E-state index in [0.717, 1.165) is 49.5 Å². The molecule has 0 aliphatic carbocycles. The van der Waals surface area contributed by atoms with Crippen LogP contribution in [0.4, 0.5) is 20.3 Å². The van der Waals surface area contributed by atoms with Gasteiger partial charge in [0.2, 0.25) is 0 Å². The highest BCUT2D eigenvalue weighted by Gasteiger charge is 2.18. The molecule has 0 atom stereocenters. The van der Waals surface area contributed by atoms with Crippen LogP contribution in [0.5, 0.6) is 0 Å². The average molecular weight is 450 g/mol. The Balaban J connectivity index is 2.00. The molecule has 0 unspecified atom stereocenters. The van der Waals surface area contributed by atoms with E-state index >= 15 is 0 Å². The lowest BCUT2D eigenvalue weighted by atomic mass is 10.1. The van der Waals surface area contributed by atoms with Crippen molar-refractivity contribution in [3.05, 3.63) is 40.8 Å². The summed E-state index contributed by atoms with van der Waals surface area (Å²) in [5, 5.41) is 5.87. The third-order valence-electron chi connectivity index (χ3n) is 5.04. The van der Waals surface area contributed by atoms with Crippen molar-refractivity contribution in [2.24, 2.45) is 10.7 Å².